The van der Waals surface area contributed by atoms with E-state index in [9.17, 15) is 17.6 Å². The molecule has 0 atom stereocenters. The molecule has 0 aliphatic carbocycles. The van der Waals surface area contributed by atoms with Crippen molar-refractivity contribution >= 4 is 39.0 Å². The molecule has 1 aromatic rings. The first kappa shape index (κ1) is 16.4. The number of carbonyl (C=O) groups is 1. The lowest BCUT2D eigenvalue weighted by Crippen LogP contribution is -2.31. The molecule has 106 valence electrons. The fraction of sp³-hybridized carbons (Fsp3) is 0.364. The molecule has 0 bridgehead atoms. The summed E-state index contributed by atoms with van der Waals surface area (Å²) >= 11 is 11.1. The third-order valence-corrected chi connectivity index (χ3v) is 4.59. The van der Waals surface area contributed by atoms with E-state index in [0.29, 0.717) is 0 Å². The second-order valence-electron chi connectivity index (χ2n) is 4.12. The van der Waals surface area contributed by atoms with Crippen LogP contribution in [0.25, 0.3) is 0 Å². The molecule has 0 heterocycles. The molecule has 0 aliphatic heterocycles. The number of sulfonamides is 1. The maximum atomic E-state index is 13.4. The van der Waals surface area contributed by atoms with Gasteiger partial charge in [0.25, 0.3) is 0 Å². The molecule has 0 amide bonds. The highest BCUT2D eigenvalue weighted by Crippen LogP contribution is 2.29. The minimum atomic E-state index is -4.06. The van der Waals surface area contributed by atoms with Gasteiger partial charge in [0.15, 0.2) is 5.82 Å². The van der Waals surface area contributed by atoms with Crippen molar-refractivity contribution in [2.24, 2.45) is 5.92 Å². The van der Waals surface area contributed by atoms with Crippen molar-refractivity contribution in [3.8, 4) is 0 Å². The highest BCUT2D eigenvalue weighted by molar-refractivity contribution is 7.89. The largest absolute Gasteiger partial charge is 0.298 e. The van der Waals surface area contributed by atoms with Crippen LogP contribution < -0.4 is 4.72 Å². The summed E-state index contributed by atoms with van der Waals surface area (Å²) in [6.07, 6.45) is 0. The molecule has 4 nitrogen and oxygen atoms in total. The molecule has 1 aromatic carbocycles. The zero-order valence-electron chi connectivity index (χ0n) is 10.2. The Hall–Kier alpha value is -0.690. The molecule has 0 fully saturated rings. The highest BCUT2D eigenvalue weighted by atomic mass is 35.5. The third-order valence-electron chi connectivity index (χ3n) is 2.37. The number of Topliss-reactive ketones (excluding diaryl/α,β-unsaturated/α-hetero) is 1. The molecular weight excluding hydrogens is 316 g/mol. The van der Waals surface area contributed by atoms with Gasteiger partial charge in [-0.2, -0.15) is 0 Å². The summed E-state index contributed by atoms with van der Waals surface area (Å²) in [7, 11) is -4.06. The van der Waals surface area contributed by atoms with E-state index < -0.39 is 25.8 Å². The van der Waals surface area contributed by atoms with E-state index in [-0.39, 0.29) is 23.3 Å². The Morgan fingerprint density at radius 3 is 2.47 bits per heavy atom. The molecule has 0 aliphatic rings. The lowest BCUT2D eigenvalue weighted by Gasteiger charge is -2.10. The summed E-state index contributed by atoms with van der Waals surface area (Å²) in [6, 6.07) is 2.16. The Bertz CT molecular complexity index is 602. The van der Waals surface area contributed by atoms with Crippen LogP contribution in [0.2, 0.25) is 10.0 Å². The molecule has 1 rings (SSSR count). The van der Waals surface area contributed by atoms with Crippen LogP contribution in [0.5, 0.6) is 0 Å². The summed E-state index contributed by atoms with van der Waals surface area (Å²) < 4.78 is 39.3. The van der Waals surface area contributed by atoms with Crippen LogP contribution in [0.4, 0.5) is 4.39 Å². The van der Waals surface area contributed by atoms with Crippen LogP contribution in [0.3, 0.4) is 0 Å². The molecule has 0 spiro atoms. The molecule has 0 saturated carbocycles. The standard InChI is InChI=1S/C11H12Cl2FNO3S/c1-6(2)8(16)5-15-19(17,18)9-4-3-7(12)11(14)10(9)13/h3-4,6,15H,5H2,1-2H3. The molecular formula is C11H12Cl2FNO3S. The van der Waals surface area contributed by atoms with Crippen LogP contribution >= 0.6 is 23.2 Å². The number of ketones is 1. The molecule has 8 heteroatoms. The number of carbonyl (C=O) groups excluding carboxylic acids is 1. The summed E-state index contributed by atoms with van der Waals surface area (Å²) in [5, 5.41) is -0.876. The van der Waals surface area contributed by atoms with Crippen LogP contribution in [0.1, 0.15) is 13.8 Å². The lowest BCUT2D eigenvalue weighted by atomic mass is 10.1. The first-order valence-electron chi connectivity index (χ1n) is 5.32. The summed E-state index contributed by atoms with van der Waals surface area (Å²) in [5.41, 5.74) is 0. The summed E-state index contributed by atoms with van der Waals surface area (Å²) in [6.45, 7) is 2.91. The third kappa shape index (κ3) is 3.89. The fourth-order valence-corrected chi connectivity index (χ4v) is 2.90. The van der Waals surface area contributed by atoms with Crippen molar-refractivity contribution in [3.63, 3.8) is 0 Å². The zero-order chi connectivity index (χ0) is 14.8. The molecule has 19 heavy (non-hydrogen) atoms. The van der Waals surface area contributed by atoms with E-state index >= 15 is 0 Å². The Balaban J connectivity index is 3.02. The van der Waals surface area contributed by atoms with Gasteiger partial charge in [0.2, 0.25) is 10.0 Å². The van der Waals surface area contributed by atoms with E-state index in [0.717, 1.165) is 12.1 Å². The molecule has 0 radical (unpaired) electrons. The van der Waals surface area contributed by atoms with Crippen LogP contribution in [-0.4, -0.2) is 20.7 Å². The Labute approximate surface area is 121 Å². The molecule has 0 unspecified atom stereocenters. The second-order valence-corrected chi connectivity index (χ2v) is 6.64. The number of rotatable bonds is 5. The van der Waals surface area contributed by atoms with Gasteiger partial charge >= 0.3 is 0 Å². The monoisotopic (exact) mass is 327 g/mol. The average molecular weight is 328 g/mol. The van der Waals surface area contributed by atoms with Gasteiger partial charge < -0.3 is 0 Å². The maximum Gasteiger partial charge on any atom is 0.242 e. The molecule has 1 N–H and O–H groups in total. The SMILES string of the molecule is CC(C)C(=O)CNS(=O)(=O)c1ccc(Cl)c(F)c1Cl. The van der Waals surface area contributed by atoms with Crippen molar-refractivity contribution in [3.05, 3.63) is 28.0 Å². The molecule has 0 saturated heterocycles. The maximum absolute atomic E-state index is 13.4. The number of halogens is 3. The van der Waals surface area contributed by atoms with Gasteiger partial charge in [-0.15, -0.1) is 0 Å². The van der Waals surface area contributed by atoms with Gasteiger partial charge in [-0.25, -0.2) is 17.5 Å². The van der Waals surface area contributed by atoms with Crippen LogP contribution in [0.15, 0.2) is 17.0 Å². The van der Waals surface area contributed by atoms with Crippen LogP contribution in [0, 0.1) is 11.7 Å². The van der Waals surface area contributed by atoms with Crippen molar-refractivity contribution < 1.29 is 17.6 Å². The smallest absolute Gasteiger partial charge is 0.242 e. The number of hydrogen-bond acceptors (Lipinski definition) is 3. The Kier molecular flexibility index (Phi) is 5.32. The number of benzene rings is 1. The average Bonchev–Trinajstić information content (AvgIpc) is 2.32. The van der Waals surface area contributed by atoms with E-state index in [4.69, 9.17) is 23.2 Å². The minimum absolute atomic E-state index is 0.276. The molecule has 0 aromatic heterocycles. The van der Waals surface area contributed by atoms with Crippen LogP contribution in [-0.2, 0) is 14.8 Å². The quantitative estimate of drug-likeness (QED) is 0.845. The Morgan fingerprint density at radius 2 is 1.95 bits per heavy atom. The van der Waals surface area contributed by atoms with Gasteiger partial charge in [-0.3, -0.25) is 4.79 Å². The predicted molar refractivity (Wildman–Crippen MR) is 71.5 cm³/mol. The van der Waals surface area contributed by atoms with Crippen molar-refractivity contribution in [2.75, 3.05) is 6.54 Å². The summed E-state index contributed by atoms with van der Waals surface area (Å²) in [4.78, 5) is 10.9. The Morgan fingerprint density at radius 1 is 1.37 bits per heavy atom. The zero-order valence-corrected chi connectivity index (χ0v) is 12.5. The normalized spacial score (nSPS) is 11.9. The van der Waals surface area contributed by atoms with E-state index in [2.05, 4.69) is 4.72 Å². The van der Waals surface area contributed by atoms with Crippen molar-refractivity contribution in [1.82, 2.24) is 4.72 Å². The van der Waals surface area contributed by atoms with Crippen molar-refractivity contribution in [2.45, 2.75) is 18.7 Å². The minimum Gasteiger partial charge on any atom is -0.298 e. The van der Waals surface area contributed by atoms with Gasteiger partial charge in [0, 0.05) is 5.92 Å². The van der Waals surface area contributed by atoms with E-state index in [1.165, 1.54) is 0 Å². The van der Waals surface area contributed by atoms with E-state index in [1.807, 2.05) is 0 Å². The van der Waals surface area contributed by atoms with E-state index in [1.54, 1.807) is 13.8 Å². The second kappa shape index (κ2) is 6.17. The first-order chi connectivity index (χ1) is 8.66. The fourth-order valence-electron chi connectivity index (χ4n) is 1.16. The highest BCUT2D eigenvalue weighted by Gasteiger charge is 2.22. The predicted octanol–water partition coefficient (Wildman–Crippen LogP) is 2.64. The first-order valence-corrected chi connectivity index (χ1v) is 7.56. The number of hydrogen-bond donors (Lipinski definition) is 1. The van der Waals surface area contributed by atoms with Gasteiger partial charge in [0.05, 0.1) is 16.6 Å². The lowest BCUT2D eigenvalue weighted by molar-refractivity contribution is -0.120. The van der Waals surface area contributed by atoms with Gasteiger partial charge in [0.1, 0.15) is 10.7 Å². The van der Waals surface area contributed by atoms with Crippen molar-refractivity contribution in [1.29, 1.82) is 0 Å². The topological polar surface area (TPSA) is 63.2 Å². The van der Waals surface area contributed by atoms with Gasteiger partial charge in [-0.05, 0) is 12.1 Å². The van der Waals surface area contributed by atoms with Gasteiger partial charge in [-0.1, -0.05) is 37.0 Å². The number of nitrogens with one attached hydrogen (secondary N) is 1. The summed E-state index contributed by atoms with van der Waals surface area (Å²) in [5.74, 6) is -1.60.